The van der Waals surface area contributed by atoms with E-state index in [2.05, 4.69) is 69.9 Å². The average molecular weight is 263 g/mol. The molecule has 0 spiro atoms. The van der Waals surface area contributed by atoms with Crippen molar-refractivity contribution >= 4 is 5.82 Å². The van der Waals surface area contributed by atoms with Crippen molar-refractivity contribution in [3.05, 3.63) is 23.9 Å². The molecule has 0 atom stereocenters. The molecule has 0 aliphatic rings. The molecule has 0 radical (unpaired) electrons. The molecule has 0 unspecified atom stereocenters. The number of hydrogen-bond donors (Lipinski definition) is 1. The van der Waals surface area contributed by atoms with Crippen LogP contribution >= 0.6 is 0 Å². The van der Waals surface area contributed by atoms with Gasteiger partial charge in [0.15, 0.2) is 0 Å². The van der Waals surface area contributed by atoms with E-state index >= 15 is 0 Å². The number of pyridine rings is 1. The molecule has 3 heteroatoms. The summed E-state index contributed by atoms with van der Waals surface area (Å²) in [5, 5.41) is 3.53. The molecule has 0 bridgehead atoms. The van der Waals surface area contributed by atoms with Gasteiger partial charge in [-0.25, -0.2) is 4.98 Å². The van der Waals surface area contributed by atoms with Crippen LogP contribution in [0.4, 0.5) is 5.82 Å². The Morgan fingerprint density at radius 3 is 2.32 bits per heavy atom. The van der Waals surface area contributed by atoms with Crippen LogP contribution in [0, 0.1) is 5.41 Å². The predicted octanol–water partition coefficient (Wildman–Crippen LogP) is 3.45. The molecular formula is C16H29N3. The standard InChI is InChI=1S/C16H29N3/c1-15(2,3)12-19(7)14-13(9-8-10-17-14)11-18-16(4,5)6/h8-10,18H,11-12H2,1-7H3. The summed E-state index contributed by atoms with van der Waals surface area (Å²) in [6, 6.07) is 4.16. The maximum Gasteiger partial charge on any atom is 0.132 e. The second kappa shape index (κ2) is 5.91. The van der Waals surface area contributed by atoms with Crippen LogP contribution in [0.1, 0.15) is 47.1 Å². The third kappa shape index (κ3) is 6.06. The molecule has 108 valence electrons. The van der Waals surface area contributed by atoms with Gasteiger partial charge in [-0.3, -0.25) is 0 Å². The van der Waals surface area contributed by atoms with Crippen molar-refractivity contribution in [2.75, 3.05) is 18.5 Å². The Morgan fingerprint density at radius 1 is 1.16 bits per heavy atom. The molecule has 1 aromatic heterocycles. The van der Waals surface area contributed by atoms with E-state index in [4.69, 9.17) is 0 Å². The number of nitrogens with one attached hydrogen (secondary N) is 1. The molecule has 0 fully saturated rings. The molecule has 0 saturated heterocycles. The molecule has 0 saturated carbocycles. The Kier molecular flexibility index (Phi) is 4.97. The minimum atomic E-state index is 0.121. The number of aromatic nitrogens is 1. The first kappa shape index (κ1) is 16.0. The van der Waals surface area contributed by atoms with Crippen molar-refractivity contribution in [1.29, 1.82) is 0 Å². The lowest BCUT2D eigenvalue weighted by atomic mass is 9.96. The van der Waals surface area contributed by atoms with E-state index in [1.165, 1.54) is 5.56 Å². The van der Waals surface area contributed by atoms with Gasteiger partial charge in [0.1, 0.15) is 5.82 Å². The number of anilines is 1. The summed E-state index contributed by atoms with van der Waals surface area (Å²) in [6.07, 6.45) is 1.87. The van der Waals surface area contributed by atoms with E-state index in [1.54, 1.807) is 0 Å². The molecule has 0 amide bonds. The molecular weight excluding hydrogens is 234 g/mol. The Bertz CT molecular complexity index is 399. The van der Waals surface area contributed by atoms with Gasteiger partial charge in [-0.15, -0.1) is 0 Å². The van der Waals surface area contributed by atoms with Crippen LogP contribution in [-0.4, -0.2) is 24.1 Å². The zero-order valence-corrected chi connectivity index (χ0v) is 13.5. The topological polar surface area (TPSA) is 28.2 Å². The summed E-state index contributed by atoms with van der Waals surface area (Å²) in [6.45, 7) is 15.1. The van der Waals surface area contributed by atoms with Gasteiger partial charge < -0.3 is 10.2 Å². The third-order valence-corrected chi connectivity index (χ3v) is 2.75. The van der Waals surface area contributed by atoms with Gasteiger partial charge in [0, 0.05) is 37.4 Å². The Balaban J connectivity index is 2.83. The van der Waals surface area contributed by atoms with Crippen molar-refractivity contribution in [2.45, 2.75) is 53.6 Å². The maximum absolute atomic E-state index is 4.55. The van der Waals surface area contributed by atoms with Gasteiger partial charge in [-0.2, -0.15) is 0 Å². The van der Waals surface area contributed by atoms with Crippen LogP contribution in [0.2, 0.25) is 0 Å². The van der Waals surface area contributed by atoms with Gasteiger partial charge in [-0.05, 0) is 32.3 Å². The molecule has 19 heavy (non-hydrogen) atoms. The second-order valence-electron chi connectivity index (χ2n) is 7.51. The van der Waals surface area contributed by atoms with E-state index in [-0.39, 0.29) is 11.0 Å². The second-order valence-corrected chi connectivity index (χ2v) is 7.51. The molecule has 1 N–H and O–H groups in total. The summed E-state index contributed by atoms with van der Waals surface area (Å²) >= 11 is 0. The van der Waals surface area contributed by atoms with Gasteiger partial charge in [0.2, 0.25) is 0 Å². The van der Waals surface area contributed by atoms with E-state index in [0.717, 1.165) is 18.9 Å². The number of hydrogen-bond acceptors (Lipinski definition) is 3. The number of nitrogens with zero attached hydrogens (tertiary/aromatic N) is 2. The maximum atomic E-state index is 4.55. The quantitative estimate of drug-likeness (QED) is 0.902. The van der Waals surface area contributed by atoms with Crippen LogP contribution in [-0.2, 0) is 6.54 Å². The molecule has 0 aliphatic heterocycles. The van der Waals surface area contributed by atoms with Crippen LogP contribution in [0.15, 0.2) is 18.3 Å². The first-order chi connectivity index (χ1) is 8.58. The minimum Gasteiger partial charge on any atom is -0.359 e. The molecule has 1 aromatic rings. The molecule has 0 aliphatic carbocycles. The summed E-state index contributed by atoms with van der Waals surface area (Å²) in [4.78, 5) is 6.80. The fourth-order valence-electron chi connectivity index (χ4n) is 2.06. The van der Waals surface area contributed by atoms with Crippen molar-refractivity contribution in [3.63, 3.8) is 0 Å². The fraction of sp³-hybridized carbons (Fsp3) is 0.688. The van der Waals surface area contributed by atoms with Crippen LogP contribution in [0.25, 0.3) is 0 Å². The van der Waals surface area contributed by atoms with Gasteiger partial charge in [0.05, 0.1) is 0 Å². The highest BCUT2D eigenvalue weighted by molar-refractivity contribution is 5.46. The molecule has 1 rings (SSSR count). The Morgan fingerprint density at radius 2 is 1.79 bits per heavy atom. The monoisotopic (exact) mass is 263 g/mol. The molecule has 3 nitrogen and oxygen atoms in total. The third-order valence-electron chi connectivity index (χ3n) is 2.75. The predicted molar refractivity (Wildman–Crippen MR) is 83.6 cm³/mol. The summed E-state index contributed by atoms with van der Waals surface area (Å²) < 4.78 is 0. The van der Waals surface area contributed by atoms with Crippen molar-refractivity contribution in [3.8, 4) is 0 Å². The number of rotatable bonds is 4. The normalized spacial score (nSPS) is 12.6. The van der Waals surface area contributed by atoms with Gasteiger partial charge in [-0.1, -0.05) is 26.8 Å². The van der Waals surface area contributed by atoms with E-state index in [9.17, 15) is 0 Å². The first-order valence-electron chi connectivity index (χ1n) is 6.98. The highest BCUT2D eigenvalue weighted by atomic mass is 15.2. The Hall–Kier alpha value is -1.09. The minimum absolute atomic E-state index is 0.121. The lowest BCUT2D eigenvalue weighted by Gasteiger charge is -2.29. The molecule has 1 heterocycles. The highest BCUT2D eigenvalue weighted by Gasteiger charge is 2.17. The fourth-order valence-corrected chi connectivity index (χ4v) is 2.06. The average Bonchev–Trinajstić information content (AvgIpc) is 2.23. The van der Waals surface area contributed by atoms with Crippen LogP contribution in [0.5, 0.6) is 0 Å². The smallest absolute Gasteiger partial charge is 0.132 e. The van der Waals surface area contributed by atoms with E-state index < -0.39 is 0 Å². The van der Waals surface area contributed by atoms with Crippen molar-refractivity contribution in [2.24, 2.45) is 5.41 Å². The van der Waals surface area contributed by atoms with Crippen LogP contribution in [0.3, 0.4) is 0 Å². The van der Waals surface area contributed by atoms with Crippen molar-refractivity contribution < 1.29 is 0 Å². The van der Waals surface area contributed by atoms with Gasteiger partial charge in [0.25, 0.3) is 0 Å². The SMILES string of the molecule is CN(CC(C)(C)C)c1ncccc1CNC(C)(C)C. The summed E-state index contributed by atoms with van der Waals surface area (Å²) in [5.41, 5.74) is 1.64. The summed E-state index contributed by atoms with van der Waals surface area (Å²) in [5.74, 6) is 1.08. The van der Waals surface area contributed by atoms with Crippen LogP contribution < -0.4 is 10.2 Å². The van der Waals surface area contributed by atoms with E-state index in [1.807, 2.05) is 12.3 Å². The summed E-state index contributed by atoms with van der Waals surface area (Å²) in [7, 11) is 2.12. The zero-order chi connectivity index (χ0) is 14.7. The lowest BCUT2D eigenvalue weighted by molar-refractivity contribution is 0.412. The van der Waals surface area contributed by atoms with E-state index in [0.29, 0.717) is 0 Å². The first-order valence-corrected chi connectivity index (χ1v) is 6.98. The van der Waals surface area contributed by atoms with Gasteiger partial charge >= 0.3 is 0 Å². The highest BCUT2D eigenvalue weighted by Crippen LogP contribution is 2.22. The largest absolute Gasteiger partial charge is 0.359 e. The molecule has 0 aromatic carbocycles. The van der Waals surface area contributed by atoms with Crippen molar-refractivity contribution in [1.82, 2.24) is 10.3 Å². The Labute approximate surface area is 118 Å². The zero-order valence-electron chi connectivity index (χ0n) is 13.5. The lowest BCUT2D eigenvalue weighted by Crippen LogP contribution is -2.36.